The molecule has 3 aromatic rings. The van der Waals surface area contributed by atoms with Gasteiger partial charge < -0.3 is 14.4 Å². The molecule has 0 radical (unpaired) electrons. The molecule has 3 rings (SSSR count). The fraction of sp³-hybridized carbons (Fsp3) is 0.312. The number of nitrogens with zero attached hydrogens (tertiary/aromatic N) is 4. The maximum absolute atomic E-state index is 12.9. The van der Waals surface area contributed by atoms with Crippen molar-refractivity contribution in [2.24, 2.45) is 0 Å². The predicted octanol–water partition coefficient (Wildman–Crippen LogP) is 2.31. The minimum Gasteiger partial charge on any atom is -0.491 e. The molecule has 2 heterocycles. The van der Waals surface area contributed by atoms with E-state index in [2.05, 4.69) is 10.1 Å². The summed E-state index contributed by atoms with van der Waals surface area (Å²) in [5.74, 6) is -1.26. The van der Waals surface area contributed by atoms with E-state index in [-0.39, 0.29) is 18.9 Å². The minimum absolute atomic E-state index is 0.125. The van der Waals surface area contributed by atoms with E-state index in [9.17, 15) is 23.1 Å². The normalized spacial score (nSPS) is 13.1. The average Bonchev–Trinajstić information content (AvgIpc) is 3.04. The number of ether oxygens (including phenoxy) is 1. The second kappa shape index (κ2) is 7.20. The van der Waals surface area contributed by atoms with Gasteiger partial charge in [-0.3, -0.25) is 4.79 Å². The van der Waals surface area contributed by atoms with Crippen LogP contribution in [0.5, 0.6) is 5.75 Å². The van der Waals surface area contributed by atoms with Crippen LogP contribution < -0.4 is 10.3 Å². The molecule has 0 saturated carbocycles. The molecule has 27 heavy (non-hydrogen) atoms. The van der Waals surface area contributed by atoms with Crippen molar-refractivity contribution in [3.8, 4) is 5.75 Å². The largest absolute Gasteiger partial charge is 0.491 e. The zero-order valence-electron chi connectivity index (χ0n) is 13.9. The monoisotopic (exact) mass is 402 g/mol. The molecule has 0 aliphatic heterocycles. The molecular weight excluding hydrogens is 389 g/mol. The van der Waals surface area contributed by atoms with Gasteiger partial charge in [0.1, 0.15) is 18.5 Å². The van der Waals surface area contributed by atoms with Crippen LogP contribution in [0.15, 0.2) is 35.1 Å². The molecule has 1 unspecified atom stereocenters. The van der Waals surface area contributed by atoms with E-state index in [1.54, 1.807) is 24.3 Å². The highest BCUT2D eigenvalue weighted by Gasteiger charge is 2.37. The van der Waals surface area contributed by atoms with Crippen LogP contribution in [0.25, 0.3) is 5.78 Å². The maximum Gasteiger partial charge on any atom is 0.453 e. The van der Waals surface area contributed by atoms with Gasteiger partial charge in [-0.05, 0) is 31.2 Å². The standard InChI is InChI=1S/C16H14ClF3N4O3/c1-9-6-13(26)24-15(21-14(22-24)16(18,19)20)23(9)7-11(25)8-27-12-4-2-10(17)3-5-12/h2-6,11,25H,7-8H2,1H3. The summed E-state index contributed by atoms with van der Waals surface area (Å²) in [6, 6.07) is 7.59. The highest BCUT2D eigenvalue weighted by atomic mass is 35.5. The first-order chi connectivity index (χ1) is 12.6. The lowest BCUT2D eigenvalue weighted by atomic mass is 10.3. The second-order valence-corrected chi connectivity index (χ2v) is 6.23. The number of alkyl halides is 3. The van der Waals surface area contributed by atoms with Crippen LogP contribution in [0, 0.1) is 6.92 Å². The molecule has 0 amide bonds. The quantitative estimate of drug-likeness (QED) is 0.708. The number of benzene rings is 1. The number of halogens is 4. The Bertz CT molecular complexity index is 1010. The Labute approximate surface area is 155 Å². The Morgan fingerprint density at radius 3 is 2.59 bits per heavy atom. The SMILES string of the molecule is Cc1cc(=O)n2nc(C(F)(F)F)nc2n1CC(O)COc1ccc(Cl)cc1. The lowest BCUT2D eigenvalue weighted by Crippen LogP contribution is -2.28. The zero-order valence-corrected chi connectivity index (χ0v) is 14.7. The molecule has 0 spiro atoms. The minimum atomic E-state index is -4.79. The van der Waals surface area contributed by atoms with Crippen molar-refractivity contribution in [3.05, 3.63) is 57.2 Å². The number of fused-ring (bicyclic) bond motifs is 1. The van der Waals surface area contributed by atoms with Gasteiger partial charge in [0, 0.05) is 16.8 Å². The van der Waals surface area contributed by atoms with Crippen LogP contribution in [-0.4, -0.2) is 37.0 Å². The number of aryl methyl sites for hydroxylation is 1. The summed E-state index contributed by atoms with van der Waals surface area (Å²) in [6.45, 7) is 1.26. The third-order valence-electron chi connectivity index (χ3n) is 3.70. The number of aliphatic hydroxyl groups is 1. The molecule has 1 atom stereocenters. The molecule has 144 valence electrons. The summed E-state index contributed by atoms with van der Waals surface area (Å²) in [4.78, 5) is 15.3. The van der Waals surface area contributed by atoms with Crippen LogP contribution in [0.4, 0.5) is 13.2 Å². The molecule has 0 saturated heterocycles. The molecule has 2 aromatic heterocycles. The number of hydrogen-bond donors (Lipinski definition) is 1. The van der Waals surface area contributed by atoms with Crippen LogP contribution in [-0.2, 0) is 12.7 Å². The highest BCUT2D eigenvalue weighted by Crippen LogP contribution is 2.26. The summed E-state index contributed by atoms with van der Waals surface area (Å²) in [5, 5.41) is 14.0. The third kappa shape index (κ3) is 4.22. The Hall–Kier alpha value is -2.59. The maximum atomic E-state index is 12.9. The van der Waals surface area contributed by atoms with E-state index in [0.717, 1.165) is 6.07 Å². The molecule has 1 aromatic carbocycles. The van der Waals surface area contributed by atoms with Gasteiger partial charge in [0.2, 0.25) is 5.78 Å². The topological polar surface area (TPSA) is 81.7 Å². The fourth-order valence-electron chi connectivity index (χ4n) is 2.43. The lowest BCUT2D eigenvalue weighted by molar-refractivity contribution is -0.144. The lowest BCUT2D eigenvalue weighted by Gasteiger charge is -2.16. The number of hydrogen-bond acceptors (Lipinski definition) is 5. The molecular formula is C16H14ClF3N4O3. The van der Waals surface area contributed by atoms with E-state index >= 15 is 0 Å². The van der Waals surface area contributed by atoms with Crippen molar-refractivity contribution in [2.75, 3.05) is 6.61 Å². The van der Waals surface area contributed by atoms with Crippen molar-refractivity contribution in [1.29, 1.82) is 0 Å². The van der Waals surface area contributed by atoms with Gasteiger partial charge in [-0.2, -0.15) is 22.7 Å². The summed E-state index contributed by atoms with van der Waals surface area (Å²) in [7, 11) is 0. The fourth-order valence-corrected chi connectivity index (χ4v) is 2.56. The van der Waals surface area contributed by atoms with Crippen LogP contribution in [0.2, 0.25) is 5.02 Å². The Balaban J connectivity index is 1.84. The first-order valence-electron chi connectivity index (χ1n) is 7.76. The molecule has 11 heteroatoms. The summed E-state index contributed by atoms with van der Waals surface area (Å²) in [6.07, 6.45) is -5.86. The highest BCUT2D eigenvalue weighted by molar-refractivity contribution is 6.30. The second-order valence-electron chi connectivity index (χ2n) is 5.80. The van der Waals surface area contributed by atoms with E-state index in [4.69, 9.17) is 16.3 Å². The Morgan fingerprint density at radius 2 is 1.96 bits per heavy atom. The first-order valence-corrected chi connectivity index (χ1v) is 8.14. The summed E-state index contributed by atoms with van der Waals surface area (Å²) >= 11 is 5.77. The molecule has 7 nitrogen and oxygen atoms in total. The number of aromatic nitrogens is 4. The predicted molar refractivity (Wildman–Crippen MR) is 89.9 cm³/mol. The van der Waals surface area contributed by atoms with Crippen molar-refractivity contribution in [2.45, 2.75) is 25.7 Å². The van der Waals surface area contributed by atoms with E-state index in [1.807, 2.05) is 0 Å². The van der Waals surface area contributed by atoms with Gasteiger partial charge in [-0.15, -0.1) is 5.10 Å². The summed E-state index contributed by atoms with van der Waals surface area (Å²) < 4.78 is 45.8. The number of aliphatic hydroxyl groups excluding tert-OH is 1. The first kappa shape index (κ1) is 19.2. The van der Waals surface area contributed by atoms with Crippen molar-refractivity contribution < 1.29 is 23.0 Å². The van der Waals surface area contributed by atoms with E-state index in [0.29, 0.717) is 21.0 Å². The van der Waals surface area contributed by atoms with Gasteiger partial charge in [-0.25, -0.2) is 0 Å². The van der Waals surface area contributed by atoms with E-state index in [1.165, 1.54) is 11.5 Å². The van der Waals surface area contributed by atoms with Crippen LogP contribution >= 0.6 is 11.6 Å². The van der Waals surface area contributed by atoms with Gasteiger partial charge in [0.05, 0.1) is 6.54 Å². The smallest absolute Gasteiger partial charge is 0.453 e. The van der Waals surface area contributed by atoms with Crippen molar-refractivity contribution in [3.63, 3.8) is 0 Å². The van der Waals surface area contributed by atoms with Gasteiger partial charge in [0.25, 0.3) is 11.4 Å². The van der Waals surface area contributed by atoms with Crippen LogP contribution in [0.3, 0.4) is 0 Å². The molecule has 0 fully saturated rings. The van der Waals surface area contributed by atoms with Crippen LogP contribution in [0.1, 0.15) is 11.5 Å². The van der Waals surface area contributed by atoms with Crippen molar-refractivity contribution in [1.82, 2.24) is 19.2 Å². The number of rotatable bonds is 5. The Kier molecular flexibility index (Phi) is 5.11. The van der Waals surface area contributed by atoms with Crippen molar-refractivity contribution >= 4 is 17.4 Å². The summed E-state index contributed by atoms with van der Waals surface area (Å²) in [5.41, 5.74) is -0.409. The Morgan fingerprint density at radius 1 is 1.30 bits per heavy atom. The van der Waals surface area contributed by atoms with Gasteiger partial charge in [0.15, 0.2) is 0 Å². The molecule has 1 N–H and O–H groups in total. The molecule has 0 aliphatic rings. The molecule has 0 aliphatic carbocycles. The van der Waals surface area contributed by atoms with E-state index < -0.39 is 23.7 Å². The third-order valence-corrected chi connectivity index (χ3v) is 3.95. The van der Waals surface area contributed by atoms with Gasteiger partial charge >= 0.3 is 6.18 Å². The van der Waals surface area contributed by atoms with Gasteiger partial charge in [-0.1, -0.05) is 11.6 Å². The average molecular weight is 403 g/mol. The zero-order chi connectivity index (χ0) is 19.8. The molecule has 0 bridgehead atoms.